The lowest BCUT2D eigenvalue weighted by atomic mass is 10.0. The van der Waals surface area contributed by atoms with Gasteiger partial charge in [-0.05, 0) is 54.4 Å². The number of nitrogens with one attached hydrogen (secondary N) is 2. The molecular weight excluding hydrogens is 504 g/mol. The van der Waals surface area contributed by atoms with Gasteiger partial charge in [0.15, 0.2) is 0 Å². The molecule has 8 heteroatoms. The number of carbonyl (C=O) groups is 2. The van der Waals surface area contributed by atoms with Crippen LogP contribution in [0.15, 0.2) is 97.2 Å². The van der Waals surface area contributed by atoms with E-state index in [0.717, 1.165) is 22.2 Å². The summed E-state index contributed by atoms with van der Waals surface area (Å²) in [5, 5.41) is 6.32. The summed E-state index contributed by atoms with van der Waals surface area (Å²) in [4.78, 5) is 34.1. The number of carbonyl (C=O) groups excluding carboxylic acids is 2. The van der Waals surface area contributed by atoms with Crippen LogP contribution >= 0.6 is 0 Å². The molecule has 2 aromatic heterocycles. The second kappa shape index (κ2) is 12.1. The fourth-order valence-electron chi connectivity index (χ4n) is 4.32. The maximum Gasteiger partial charge on any atom is 0.269 e. The number of amides is 2. The molecule has 0 aliphatic heterocycles. The van der Waals surface area contributed by atoms with Crippen molar-refractivity contribution >= 4 is 22.7 Å². The highest BCUT2D eigenvalue weighted by Crippen LogP contribution is 2.28. The standard InChI is InChI=1S/C32H28N4O4/c1-33-32(38)30-19-25(14-16-34-30)40-24-10-6-7-21(17-24)13-15-35-31(37)27-20-29(22-8-4-3-5-9-22)36-28-12-11-23(39-2)18-26(27)28/h3-12,14,16-20H,13,15H2,1-2H3,(H,33,38)(H,35,37). The second-order valence-corrected chi connectivity index (χ2v) is 9.02. The van der Waals surface area contributed by atoms with Crippen LogP contribution in [0.5, 0.6) is 17.2 Å². The van der Waals surface area contributed by atoms with Crippen LogP contribution in [0.1, 0.15) is 26.4 Å². The first kappa shape index (κ1) is 26.4. The van der Waals surface area contributed by atoms with Crippen molar-refractivity contribution in [1.82, 2.24) is 20.6 Å². The smallest absolute Gasteiger partial charge is 0.269 e. The zero-order valence-electron chi connectivity index (χ0n) is 22.2. The summed E-state index contributed by atoms with van der Waals surface area (Å²) in [6.45, 7) is 0.423. The first-order chi connectivity index (χ1) is 19.5. The Morgan fingerprint density at radius 3 is 2.45 bits per heavy atom. The lowest BCUT2D eigenvalue weighted by Gasteiger charge is -2.12. The molecule has 0 saturated heterocycles. The Morgan fingerprint density at radius 1 is 0.825 bits per heavy atom. The highest BCUT2D eigenvalue weighted by Gasteiger charge is 2.15. The van der Waals surface area contributed by atoms with Crippen LogP contribution in [-0.2, 0) is 6.42 Å². The quantitative estimate of drug-likeness (QED) is 0.263. The van der Waals surface area contributed by atoms with Gasteiger partial charge in [0.1, 0.15) is 22.9 Å². The molecule has 3 aromatic carbocycles. The van der Waals surface area contributed by atoms with E-state index in [0.29, 0.717) is 41.3 Å². The average molecular weight is 533 g/mol. The van der Waals surface area contributed by atoms with Gasteiger partial charge in [-0.2, -0.15) is 0 Å². The molecule has 8 nitrogen and oxygen atoms in total. The lowest BCUT2D eigenvalue weighted by molar-refractivity contribution is 0.0948. The SMILES string of the molecule is CNC(=O)c1cc(Oc2cccc(CCNC(=O)c3cc(-c4ccccc4)nc4ccc(OC)cc34)c2)ccn1. The number of hydrogen-bond donors (Lipinski definition) is 2. The minimum Gasteiger partial charge on any atom is -0.497 e. The molecule has 0 saturated carbocycles. The molecule has 0 radical (unpaired) electrons. The zero-order chi connectivity index (χ0) is 27.9. The van der Waals surface area contributed by atoms with Crippen molar-refractivity contribution in [3.63, 3.8) is 0 Å². The maximum atomic E-state index is 13.4. The first-order valence-electron chi connectivity index (χ1n) is 12.8. The van der Waals surface area contributed by atoms with Crippen molar-refractivity contribution in [1.29, 1.82) is 0 Å². The van der Waals surface area contributed by atoms with Gasteiger partial charge in [0.25, 0.3) is 11.8 Å². The predicted octanol–water partition coefficient (Wildman–Crippen LogP) is 5.43. The van der Waals surface area contributed by atoms with Gasteiger partial charge in [-0.3, -0.25) is 14.6 Å². The lowest BCUT2D eigenvalue weighted by Crippen LogP contribution is -2.26. The van der Waals surface area contributed by atoms with Gasteiger partial charge in [0.2, 0.25) is 0 Å². The van der Waals surface area contributed by atoms with Gasteiger partial charge in [-0.15, -0.1) is 0 Å². The minimum atomic E-state index is -0.286. The molecule has 0 aliphatic carbocycles. The molecule has 5 aromatic rings. The van der Waals surface area contributed by atoms with E-state index < -0.39 is 0 Å². The van der Waals surface area contributed by atoms with E-state index in [-0.39, 0.29) is 17.5 Å². The van der Waals surface area contributed by atoms with E-state index in [4.69, 9.17) is 14.5 Å². The number of aromatic nitrogens is 2. The van der Waals surface area contributed by atoms with Crippen molar-refractivity contribution < 1.29 is 19.1 Å². The van der Waals surface area contributed by atoms with E-state index in [2.05, 4.69) is 15.6 Å². The van der Waals surface area contributed by atoms with Crippen molar-refractivity contribution in [2.24, 2.45) is 0 Å². The van der Waals surface area contributed by atoms with Crippen molar-refractivity contribution in [2.75, 3.05) is 20.7 Å². The Balaban J connectivity index is 1.31. The van der Waals surface area contributed by atoms with Crippen LogP contribution in [0, 0.1) is 0 Å². The van der Waals surface area contributed by atoms with Gasteiger partial charge in [-0.25, -0.2) is 4.98 Å². The Kier molecular flexibility index (Phi) is 7.97. The van der Waals surface area contributed by atoms with Crippen molar-refractivity contribution in [3.05, 3.63) is 114 Å². The molecule has 0 fully saturated rings. The molecule has 5 rings (SSSR count). The minimum absolute atomic E-state index is 0.191. The molecule has 200 valence electrons. The van der Waals surface area contributed by atoms with Gasteiger partial charge in [0.05, 0.1) is 23.9 Å². The molecular formula is C32H28N4O4. The highest BCUT2D eigenvalue weighted by atomic mass is 16.5. The summed E-state index contributed by atoms with van der Waals surface area (Å²) in [5.41, 5.74) is 4.17. The molecule has 0 bridgehead atoms. The summed E-state index contributed by atoms with van der Waals surface area (Å²) in [6.07, 6.45) is 2.13. The van der Waals surface area contributed by atoms with Crippen LogP contribution in [0.4, 0.5) is 0 Å². The third-order valence-corrected chi connectivity index (χ3v) is 6.35. The van der Waals surface area contributed by atoms with Crippen LogP contribution in [0.2, 0.25) is 0 Å². The number of fused-ring (bicyclic) bond motifs is 1. The Labute approximate surface area is 232 Å². The number of pyridine rings is 2. The van der Waals surface area contributed by atoms with Gasteiger partial charge >= 0.3 is 0 Å². The number of benzene rings is 3. The number of methoxy groups -OCH3 is 1. The molecule has 2 N–H and O–H groups in total. The Morgan fingerprint density at radius 2 is 1.65 bits per heavy atom. The van der Waals surface area contributed by atoms with Gasteiger partial charge < -0.3 is 20.1 Å². The molecule has 2 heterocycles. The van der Waals surface area contributed by atoms with E-state index >= 15 is 0 Å². The fourth-order valence-corrected chi connectivity index (χ4v) is 4.32. The normalized spacial score (nSPS) is 10.7. The summed E-state index contributed by atoms with van der Waals surface area (Å²) in [5.74, 6) is 1.31. The van der Waals surface area contributed by atoms with Crippen LogP contribution in [0.25, 0.3) is 22.2 Å². The third kappa shape index (κ3) is 6.07. The Hall–Kier alpha value is -5.24. The summed E-state index contributed by atoms with van der Waals surface area (Å²) < 4.78 is 11.3. The van der Waals surface area contributed by atoms with Crippen molar-refractivity contribution in [3.8, 4) is 28.5 Å². The number of rotatable bonds is 9. The van der Waals surface area contributed by atoms with E-state index in [1.54, 1.807) is 26.3 Å². The van der Waals surface area contributed by atoms with E-state index in [9.17, 15) is 9.59 Å². The molecule has 0 atom stereocenters. The monoisotopic (exact) mass is 532 g/mol. The Bertz CT molecular complexity index is 1670. The number of hydrogen-bond acceptors (Lipinski definition) is 6. The van der Waals surface area contributed by atoms with Crippen LogP contribution in [-0.4, -0.2) is 42.5 Å². The first-order valence-corrected chi connectivity index (χ1v) is 12.8. The van der Waals surface area contributed by atoms with Gasteiger partial charge in [-0.1, -0.05) is 42.5 Å². The summed E-state index contributed by atoms with van der Waals surface area (Å²) >= 11 is 0. The second-order valence-electron chi connectivity index (χ2n) is 9.02. The zero-order valence-corrected chi connectivity index (χ0v) is 22.2. The third-order valence-electron chi connectivity index (χ3n) is 6.35. The number of nitrogens with zero attached hydrogens (tertiary/aromatic N) is 2. The van der Waals surface area contributed by atoms with Crippen molar-refractivity contribution in [2.45, 2.75) is 6.42 Å². The van der Waals surface area contributed by atoms with Gasteiger partial charge in [0, 0.05) is 36.8 Å². The topological polar surface area (TPSA) is 102 Å². The maximum absolute atomic E-state index is 13.4. The molecule has 0 spiro atoms. The summed E-state index contributed by atoms with van der Waals surface area (Å²) in [6, 6.07) is 28.0. The predicted molar refractivity (Wildman–Crippen MR) is 154 cm³/mol. The average Bonchev–Trinajstić information content (AvgIpc) is 3.00. The fraction of sp³-hybridized carbons (Fsp3) is 0.125. The molecule has 0 unspecified atom stereocenters. The van der Waals surface area contributed by atoms with Crippen LogP contribution < -0.4 is 20.1 Å². The number of ether oxygens (including phenoxy) is 2. The highest BCUT2D eigenvalue weighted by molar-refractivity contribution is 6.07. The van der Waals surface area contributed by atoms with E-state index in [1.807, 2.05) is 78.9 Å². The molecule has 2 amide bonds. The molecule has 0 aliphatic rings. The van der Waals surface area contributed by atoms with E-state index in [1.165, 1.54) is 6.20 Å². The largest absolute Gasteiger partial charge is 0.497 e. The summed E-state index contributed by atoms with van der Waals surface area (Å²) in [7, 11) is 3.15. The molecule has 40 heavy (non-hydrogen) atoms. The van der Waals surface area contributed by atoms with Crippen LogP contribution in [0.3, 0.4) is 0 Å².